The first kappa shape index (κ1) is 17.1. The van der Waals surface area contributed by atoms with Crippen molar-refractivity contribution in [2.45, 2.75) is 24.1 Å². The van der Waals surface area contributed by atoms with E-state index in [9.17, 15) is 9.59 Å². The van der Waals surface area contributed by atoms with E-state index in [-0.39, 0.29) is 5.91 Å². The Morgan fingerprint density at radius 2 is 2.04 bits per heavy atom. The number of carbonyl (C=O) groups excluding carboxylic acids is 2. The summed E-state index contributed by atoms with van der Waals surface area (Å²) in [6.45, 7) is 3.73. The predicted octanol–water partition coefficient (Wildman–Crippen LogP) is 2.49. The Balaban J connectivity index is 2.22. The van der Waals surface area contributed by atoms with Gasteiger partial charge in [-0.3, -0.25) is 10.1 Å². The predicted molar refractivity (Wildman–Crippen MR) is 90.9 cm³/mol. The van der Waals surface area contributed by atoms with Crippen LogP contribution in [0.2, 0.25) is 0 Å². The molecule has 0 aliphatic rings. The van der Waals surface area contributed by atoms with Gasteiger partial charge < -0.3 is 10.1 Å². The second-order valence-electron chi connectivity index (χ2n) is 4.99. The number of nitrogens with zero attached hydrogens (tertiary/aromatic N) is 1. The topological polar surface area (TPSA) is 80.3 Å². The Bertz CT molecular complexity index is 749. The first-order valence-corrected chi connectivity index (χ1v) is 7.97. The summed E-state index contributed by atoms with van der Waals surface area (Å²) in [4.78, 5) is 27.7. The highest BCUT2D eigenvalue weighted by Crippen LogP contribution is 2.28. The van der Waals surface area contributed by atoms with Crippen molar-refractivity contribution in [3.63, 3.8) is 0 Å². The second-order valence-corrected chi connectivity index (χ2v) is 6.35. The van der Waals surface area contributed by atoms with Crippen LogP contribution in [0.3, 0.4) is 0 Å². The Morgan fingerprint density at radius 3 is 2.70 bits per heavy atom. The van der Waals surface area contributed by atoms with Crippen LogP contribution in [0.4, 0.5) is 4.79 Å². The van der Waals surface area contributed by atoms with Crippen molar-refractivity contribution in [2.75, 3.05) is 14.2 Å². The molecule has 3 amide bonds. The molecule has 2 aromatic rings. The number of aromatic nitrogens is 1. The van der Waals surface area contributed by atoms with Crippen LogP contribution in [0.15, 0.2) is 29.3 Å². The van der Waals surface area contributed by atoms with Gasteiger partial charge in [-0.25, -0.2) is 9.78 Å². The third-order valence-electron chi connectivity index (χ3n) is 3.33. The van der Waals surface area contributed by atoms with Crippen molar-refractivity contribution in [3.8, 4) is 5.75 Å². The van der Waals surface area contributed by atoms with Crippen molar-refractivity contribution >= 4 is 34.6 Å². The lowest BCUT2D eigenvalue weighted by atomic mass is 10.1. The Hall–Kier alpha value is -2.28. The van der Waals surface area contributed by atoms with E-state index in [2.05, 4.69) is 15.6 Å². The number of methoxy groups -OCH3 is 1. The maximum Gasteiger partial charge on any atom is 0.321 e. The van der Waals surface area contributed by atoms with Crippen LogP contribution in [-0.2, 0) is 4.79 Å². The van der Waals surface area contributed by atoms with Gasteiger partial charge >= 0.3 is 6.03 Å². The number of hydrogen-bond acceptors (Lipinski definition) is 5. The van der Waals surface area contributed by atoms with Crippen molar-refractivity contribution in [2.24, 2.45) is 0 Å². The van der Waals surface area contributed by atoms with Gasteiger partial charge in [0.25, 0.3) is 0 Å². The maximum atomic E-state index is 11.9. The van der Waals surface area contributed by atoms with Gasteiger partial charge in [-0.2, -0.15) is 0 Å². The van der Waals surface area contributed by atoms with Crippen LogP contribution >= 0.6 is 11.8 Å². The van der Waals surface area contributed by atoms with Gasteiger partial charge in [0.05, 0.1) is 22.9 Å². The first-order chi connectivity index (χ1) is 10.9. The van der Waals surface area contributed by atoms with Gasteiger partial charge in [0.2, 0.25) is 5.91 Å². The number of thioether (sulfide) groups is 1. The summed E-state index contributed by atoms with van der Waals surface area (Å²) in [5.41, 5.74) is 1.88. The van der Waals surface area contributed by atoms with Crippen LogP contribution in [0.1, 0.15) is 12.5 Å². The molecular formula is C16H19N3O3S. The molecule has 0 unspecified atom stereocenters. The molecule has 0 spiro atoms. The molecule has 0 bridgehead atoms. The van der Waals surface area contributed by atoms with Gasteiger partial charge in [0, 0.05) is 18.5 Å². The zero-order valence-corrected chi connectivity index (χ0v) is 14.3. The molecule has 0 saturated carbocycles. The summed E-state index contributed by atoms with van der Waals surface area (Å²) in [5, 5.41) is 5.93. The highest BCUT2D eigenvalue weighted by molar-refractivity contribution is 8.00. The number of ether oxygens (including phenoxy) is 1. The van der Waals surface area contributed by atoms with Crippen molar-refractivity contribution in [1.82, 2.24) is 15.6 Å². The lowest BCUT2D eigenvalue weighted by Crippen LogP contribution is -2.41. The summed E-state index contributed by atoms with van der Waals surface area (Å²) in [5.74, 6) is 0.372. The summed E-state index contributed by atoms with van der Waals surface area (Å²) in [6.07, 6.45) is 0. The summed E-state index contributed by atoms with van der Waals surface area (Å²) in [7, 11) is 3.07. The number of pyridine rings is 1. The SMILES string of the molecule is CNC(=O)NC(=O)[C@H](C)Sc1cc(C)c2ccc(OC)cc2n1. The first-order valence-electron chi connectivity index (χ1n) is 7.09. The molecule has 0 aliphatic carbocycles. The lowest BCUT2D eigenvalue weighted by Gasteiger charge is -2.12. The number of amides is 3. The van der Waals surface area contributed by atoms with E-state index in [1.54, 1.807) is 14.0 Å². The van der Waals surface area contributed by atoms with E-state index in [1.165, 1.54) is 18.8 Å². The zero-order chi connectivity index (χ0) is 17.0. The Morgan fingerprint density at radius 1 is 1.30 bits per heavy atom. The molecule has 2 N–H and O–H groups in total. The number of carbonyl (C=O) groups is 2. The number of nitrogens with one attached hydrogen (secondary N) is 2. The minimum atomic E-state index is -0.519. The van der Waals surface area contributed by atoms with Gasteiger partial charge in [0.1, 0.15) is 5.75 Å². The minimum Gasteiger partial charge on any atom is -0.497 e. The van der Waals surface area contributed by atoms with Gasteiger partial charge in [-0.1, -0.05) is 11.8 Å². The highest BCUT2D eigenvalue weighted by atomic mass is 32.2. The number of benzene rings is 1. The molecule has 0 saturated heterocycles. The number of urea groups is 1. The second kappa shape index (κ2) is 7.32. The average molecular weight is 333 g/mol. The van der Waals surface area contributed by atoms with Gasteiger partial charge in [-0.15, -0.1) is 0 Å². The molecule has 0 aliphatic heterocycles. The van der Waals surface area contributed by atoms with E-state index in [1.807, 2.05) is 31.2 Å². The number of fused-ring (bicyclic) bond motifs is 1. The molecule has 23 heavy (non-hydrogen) atoms. The third kappa shape index (κ3) is 4.13. The van der Waals surface area contributed by atoms with Crippen molar-refractivity contribution in [3.05, 3.63) is 29.8 Å². The van der Waals surface area contributed by atoms with E-state index in [0.717, 1.165) is 27.2 Å². The normalized spacial score (nSPS) is 11.8. The summed E-state index contributed by atoms with van der Waals surface area (Å²) < 4.78 is 5.22. The molecule has 0 radical (unpaired) electrons. The van der Waals surface area contributed by atoms with Crippen LogP contribution < -0.4 is 15.4 Å². The molecule has 1 aromatic heterocycles. The lowest BCUT2D eigenvalue weighted by molar-refractivity contribution is -0.119. The van der Waals surface area contributed by atoms with Gasteiger partial charge in [-0.05, 0) is 37.6 Å². The van der Waals surface area contributed by atoms with E-state index >= 15 is 0 Å². The number of hydrogen-bond donors (Lipinski definition) is 2. The number of rotatable bonds is 4. The fraction of sp³-hybridized carbons (Fsp3) is 0.312. The fourth-order valence-corrected chi connectivity index (χ4v) is 2.97. The molecule has 2 rings (SSSR count). The molecule has 1 heterocycles. The third-order valence-corrected chi connectivity index (χ3v) is 4.35. The molecule has 1 atom stereocenters. The van der Waals surface area contributed by atoms with Crippen LogP contribution in [0, 0.1) is 6.92 Å². The zero-order valence-electron chi connectivity index (χ0n) is 13.5. The Labute approximate surface area is 139 Å². The molecule has 6 nitrogen and oxygen atoms in total. The Kier molecular flexibility index (Phi) is 5.44. The van der Waals surface area contributed by atoms with E-state index in [0.29, 0.717) is 0 Å². The average Bonchev–Trinajstić information content (AvgIpc) is 2.53. The summed E-state index contributed by atoms with van der Waals surface area (Å²) >= 11 is 1.30. The standard InChI is InChI=1S/C16H19N3O3S/c1-9-7-14(23-10(2)15(20)19-16(21)17-3)18-13-8-11(22-4)5-6-12(9)13/h5-8,10H,1-4H3,(H2,17,19,20,21)/t10-/m0/s1. The minimum absolute atomic E-state index is 0.362. The smallest absolute Gasteiger partial charge is 0.321 e. The molecule has 1 aromatic carbocycles. The summed E-state index contributed by atoms with van der Waals surface area (Å²) in [6, 6.07) is 7.13. The van der Waals surface area contributed by atoms with Crippen molar-refractivity contribution in [1.29, 1.82) is 0 Å². The van der Waals surface area contributed by atoms with E-state index in [4.69, 9.17) is 4.74 Å². The maximum absolute atomic E-state index is 11.9. The largest absolute Gasteiger partial charge is 0.497 e. The van der Waals surface area contributed by atoms with Gasteiger partial charge in [0.15, 0.2) is 0 Å². The molecule has 122 valence electrons. The fourth-order valence-electron chi connectivity index (χ4n) is 2.05. The van der Waals surface area contributed by atoms with Crippen LogP contribution in [-0.4, -0.2) is 36.3 Å². The van der Waals surface area contributed by atoms with Crippen LogP contribution in [0.5, 0.6) is 5.75 Å². The van der Waals surface area contributed by atoms with E-state index < -0.39 is 11.3 Å². The molecular weight excluding hydrogens is 314 g/mol. The highest BCUT2D eigenvalue weighted by Gasteiger charge is 2.17. The molecule has 0 fully saturated rings. The monoisotopic (exact) mass is 333 g/mol. The van der Waals surface area contributed by atoms with Crippen molar-refractivity contribution < 1.29 is 14.3 Å². The van der Waals surface area contributed by atoms with Crippen LogP contribution in [0.25, 0.3) is 10.9 Å². The molecule has 7 heteroatoms. The quantitative estimate of drug-likeness (QED) is 0.840. The number of imide groups is 1. The number of aryl methyl sites for hydroxylation is 1.